The second-order valence-electron chi connectivity index (χ2n) is 3.67. The average Bonchev–Trinajstić information content (AvgIpc) is 2.35. The minimum atomic E-state index is -0.242. The summed E-state index contributed by atoms with van der Waals surface area (Å²) in [7, 11) is 0. The highest BCUT2D eigenvalue weighted by Gasteiger charge is 2.10. The molecule has 3 nitrogen and oxygen atoms in total. The van der Waals surface area contributed by atoms with Crippen LogP contribution < -0.4 is 5.73 Å². The first-order chi connectivity index (χ1) is 8.16. The summed E-state index contributed by atoms with van der Waals surface area (Å²) in [4.78, 5) is 8.24. The van der Waals surface area contributed by atoms with Gasteiger partial charge in [-0.3, -0.25) is 0 Å². The molecule has 5 heteroatoms. The second-order valence-corrected chi connectivity index (χ2v) is 4.48. The Bertz CT molecular complexity index is 502. The Labute approximate surface area is 110 Å². The molecule has 1 aromatic heterocycles. The molecule has 0 aliphatic carbocycles. The van der Waals surface area contributed by atoms with Crippen LogP contribution in [0.3, 0.4) is 0 Å². The van der Waals surface area contributed by atoms with E-state index >= 15 is 0 Å². The third kappa shape index (κ3) is 3.16. The van der Waals surface area contributed by atoms with Gasteiger partial charge in [0.2, 0.25) is 0 Å². The molecule has 1 unspecified atom stereocenters. The zero-order chi connectivity index (χ0) is 12.3. The third-order valence-electron chi connectivity index (χ3n) is 2.36. The van der Waals surface area contributed by atoms with E-state index in [1.807, 2.05) is 12.1 Å². The van der Waals surface area contributed by atoms with Crippen LogP contribution in [0.1, 0.15) is 17.4 Å². The fraction of sp³-hybridized carbons (Fsp3) is 0.167. The fourth-order valence-corrected chi connectivity index (χ4v) is 1.83. The van der Waals surface area contributed by atoms with E-state index in [0.717, 1.165) is 5.56 Å². The molecule has 0 radical (unpaired) electrons. The van der Waals surface area contributed by atoms with Crippen LogP contribution in [0.5, 0.6) is 0 Å². The molecular weight excluding hydrogens is 257 g/mol. The van der Waals surface area contributed by atoms with Crippen molar-refractivity contribution < 1.29 is 0 Å². The van der Waals surface area contributed by atoms with E-state index in [2.05, 4.69) is 9.97 Å². The summed E-state index contributed by atoms with van der Waals surface area (Å²) in [5.74, 6) is 0.624. The van der Waals surface area contributed by atoms with E-state index in [-0.39, 0.29) is 6.04 Å². The lowest BCUT2D eigenvalue weighted by atomic mass is 10.1. The van der Waals surface area contributed by atoms with Crippen molar-refractivity contribution in [2.75, 3.05) is 0 Å². The maximum atomic E-state index is 6.01. The van der Waals surface area contributed by atoms with Crippen molar-refractivity contribution in [3.05, 3.63) is 58.1 Å². The molecule has 1 heterocycles. The third-order valence-corrected chi connectivity index (χ3v) is 3.10. The molecule has 1 aromatic carbocycles. The molecule has 2 N–H and O–H groups in total. The van der Waals surface area contributed by atoms with Crippen LogP contribution in [0.15, 0.2) is 36.7 Å². The Morgan fingerprint density at radius 2 is 1.82 bits per heavy atom. The molecule has 2 aromatic rings. The van der Waals surface area contributed by atoms with Crippen molar-refractivity contribution in [3.63, 3.8) is 0 Å². The highest BCUT2D eigenvalue weighted by Crippen LogP contribution is 2.24. The summed E-state index contributed by atoms with van der Waals surface area (Å²) >= 11 is 11.8. The molecule has 0 saturated carbocycles. The largest absolute Gasteiger partial charge is 0.321 e. The summed E-state index contributed by atoms with van der Waals surface area (Å²) in [6.07, 6.45) is 3.98. The van der Waals surface area contributed by atoms with Crippen LogP contribution in [0.2, 0.25) is 10.0 Å². The monoisotopic (exact) mass is 267 g/mol. The highest BCUT2D eigenvalue weighted by molar-refractivity contribution is 6.42. The lowest BCUT2D eigenvalue weighted by molar-refractivity contribution is 0.667. The first kappa shape index (κ1) is 12.3. The molecule has 0 aliphatic heterocycles. The molecule has 0 spiro atoms. The number of nitrogens with zero attached hydrogens (tertiary/aromatic N) is 2. The Morgan fingerprint density at radius 3 is 2.47 bits per heavy atom. The first-order valence-electron chi connectivity index (χ1n) is 5.13. The van der Waals surface area contributed by atoms with Crippen LogP contribution >= 0.6 is 23.2 Å². The number of rotatable bonds is 3. The quantitative estimate of drug-likeness (QED) is 0.930. The Kier molecular flexibility index (Phi) is 3.94. The molecule has 0 fully saturated rings. The van der Waals surface area contributed by atoms with Gasteiger partial charge in [-0.05, 0) is 30.2 Å². The standard InChI is InChI=1S/C12H11Cl2N3/c13-9-3-2-8(6-10(9)14)7-11(15)12-16-4-1-5-17-12/h1-6,11H,7,15H2. The number of hydrogen-bond acceptors (Lipinski definition) is 3. The molecule has 17 heavy (non-hydrogen) atoms. The van der Waals surface area contributed by atoms with Crippen molar-refractivity contribution in [3.8, 4) is 0 Å². The molecule has 0 bridgehead atoms. The molecule has 88 valence electrons. The number of hydrogen-bond donors (Lipinski definition) is 1. The Morgan fingerprint density at radius 1 is 1.12 bits per heavy atom. The molecule has 0 aliphatic rings. The van der Waals surface area contributed by atoms with E-state index in [0.29, 0.717) is 22.3 Å². The Hall–Kier alpha value is -1.16. The van der Waals surface area contributed by atoms with E-state index < -0.39 is 0 Å². The molecule has 1 atom stereocenters. The highest BCUT2D eigenvalue weighted by atomic mass is 35.5. The van der Waals surface area contributed by atoms with Gasteiger partial charge < -0.3 is 5.73 Å². The van der Waals surface area contributed by atoms with Gasteiger partial charge >= 0.3 is 0 Å². The summed E-state index contributed by atoms with van der Waals surface area (Å²) < 4.78 is 0. The zero-order valence-corrected chi connectivity index (χ0v) is 10.5. The van der Waals surface area contributed by atoms with Crippen molar-refractivity contribution in [2.24, 2.45) is 5.73 Å². The van der Waals surface area contributed by atoms with E-state index in [4.69, 9.17) is 28.9 Å². The van der Waals surface area contributed by atoms with Gasteiger partial charge in [-0.15, -0.1) is 0 Å². The predicted molar refractivity (Wildman–Crippen MR) is 69.1 cm³/mol. The van der Waals surface area contributed by atoms with Crippen LogP contribution in [0, 0.1) is 0 Å². The van der Waals surface area contributed by atoms with E-state index in [1.165, 1.54) is 0 Å². The lowest BCUT2D eigenvalue weighted by Crippen LogP contribution is -2.16. The van der Waals surface area contributed by atoms with Crippen LogP contribution in [0.25, 0.3) is 0 Å². The number of aromatic nitrogens is 2. The topological polar surface area (TPSA) is 51.8 Å². The fourth-order valence-electron chi connectivity index (χ4n) is 1.51. The average molecular weight is 268 g/mol. The minimum absolute atomic E-state index is 0.242. The molecular formula is C12H11Cl2N3. The van der Waals surface area contributed by atoms with Gasteiger partial charge in [0.05, 0.1) is 16.1 Å². The van der Waals surface area contributed by atoms with Crippen LogP contribution in [-0.4, -0.2) is 9.97 Å². The normalized spacial score (nSPS) is 12.4. The van der Waals surface area contributed by atoms with Gasteiger partial charge in [-0.1, -0.05) is 29.3 Å². The maximum absolute atomic E-state index is 6.01. The van der Waals surface area contributed by atoms with Gasteiger partial charge in [0.1, 0.15) is 5.82 Å². The Balaban J connectivity index is 2.13. The number of halogens is 2. The predicted octanol–water partition coefficient (Wildman–Crippen LogP) is 3.03. The minimum Gasteiger partial charge on any atom is -0.321 e. The lowest BCUT2D eigenvalue weighted by Gasteiger charge is -2.10. The van der Waals surface area contributed by atoms with Crippen LogP contribution in [-0.2, 0) is 6.42 Å². The smallest absolute Gasteiger partial charge is 0.145 e. The maximum Gasteiger partial charge on any atom is 0.145 e. The summed E-state index contributed by atoms with van der Waals surface area (Å²) in [6.45, 7) is 0. The molecule has 0 saturated heterocycles. The van der Waals surface area contributed by atoms with Crippen molar-refractivity contribution >= 4 is 23.2 Å². The molecule has 0 amide bonds. The van der Waals surface area contributed by atoms with Gasteiger partial charge in [0.25, 0.3) is 0 Å². The van der Waals surface area contributed by atoms with Gasteiger partial charge in [0, 0.05) is 12.4 Å². The van der Waals surface area contributed by atoms with Gasteiger partial charge in [0.15, 0.2) is 0 Å². The summed E-state index contributed by atoms with van der Waals surface area (Å²) in [5.41, 5.74) is 7.03. The van der Waals surface area contributed by atoms with Gasteiger partial charge in [-0.25, -0.2) is 9.97 Å². The zero-order valence-electron chi connectivity index (χ0n) is 8.98. The van der Waals surface area contributed by atoms with E-state index in [1.54, 1.807) is 24.5 Å². The van der Waals surface area contributed by atoms with Gasteiger partial charge in [-0.2, -0.15) is 0 Å². The van der Waals surface area contributed by atoms with E-state index in [9.17, 15) is 0 Å². The summed E-state index contributed by atoms with van der Waals surface area (Å²) in [5, 5.41) is 1.07. The summed E-state index contributed by atoms with van der Waals surface area (Å²) in [6, 6.07) is 6.99. The second kappa shape index (κ2) is 5.45. The van der Waals surface area contributed by atoms with Crippen molar-refractivity contribution in [2.45, 2.75) is 12.5 Å². The number of nitrogens with two attached hydrogens (primary N) is 1. The van der Waals surface area contributed by atoms with Crippen LogP contribution in [0.4, 0.5) is 0 Å². The number of benzene rings is 1. The first-order valence-corrected chi connectivity index (χ1v) is 5.89. The SMILES string of the molecule is NC(Cc1ccc(Cl)c(Cl)c1)c1ncccn1. The molecule has 2 rings (SSSR count). The van der Waals surface area contributed by atoms with Crippen molar-refractivity contribution in [1.82, 2.24) is 9.97 Å². The van der Waals surface area contributed by atoms with Crippen molar-refractivity contribution in [1.29, 1.82) is 0 Å².